The Balaban J connectivity index is 2.40. The molecule has 1 fully saturated rings. The van der Waals surface area contributed by atoms with E-state index in [2.05, 4.69) is 10.6 Å². The highest BCUT2D eigenvalue weighted by atomic mass is 32.1. The predicted molar refractivity (Wildman–Crippen MR) is 57.8 cm³/mol. The van der Waals surface area contributed by atoms with E-state index in [4.69, 9.17) is 17.0 Å². The van der Waals surface area contributed by atoms with E-state index >= 15 is 0 Å². The van der Waals surface area contributed by atoms with Gasteiger partial charge in [-0.15, -0.1) is 0 Å². The van der Waals surface area contributed by atoms with E-state index in [1.807, 2.05) is 7.05 Å². The van der Waals surface area contributed by atoms with E-state index in [-0.39, 0.29) is 0 Å². The highest BCUT2D eigenvalue weighted by molar-refractivity contribution is 7.80. The lowest BCUT2D eigenvalue weighted by Gasteiger charge is -2.31. The number of ether oxygens (including phenoxy) is 1. The standard InChI is InChI=1S/C9H18N2OS/c1-10-9(13)11-7-5-3-4-6-8(7)12-2/h7-8H,3-6H2,1-2H3,(H2,10,11,13)/t7-,8-/m0/s1. The van der Waals surface area contributed by atoms with Gasteiger partial charge < -0.3 is 15.4 Å². The fraction of sp³-hybridized carbons (Fsp3) is 0.889. The molecule has 0 radical (unpaired) electrons. The van der Waals surface area contributed by atoms with Crippen molar-refractivity contribution in [2.75, 3.05) is 14.2 Å². The zero-order valence-corrected chi connectivity index (χ0v) is 9.12. The molecule has 0 bridgehead atoms. The molecular formula is C9H18N2OS. The number of thiocarbonyl (C=S) groups is 1. The summed E-state index contributed by atoms with van der Waals surface area (Å²) in [5.74, 6) is 0. The van der Waals surface area contributed by atoms with E-state index < -0.39 is 0 Å². The van der Waals surface area contributed by atoms with Crippen LogP contribution >= 0.6 is 12.2 Å². The van der Waals surface area contributed by atoms with Gasteiger partial charge in [0, 0.05) is 14.2 Å². The molecule has 0 amide bonds. The number of methoxy groups -OCH3 is 1. The Kier molecular flexibility index (Phi) is 4.45. The minimum atomic E-state index is 0.319. The third kappa shape index (κ3) is 3.12. The van der Waals surface area contributed by atoms with Gasteiger partial charge in [-0.25, -0.2) is 0 Å². The van der Waals surface area contributed by atoms with Crippen LogP contribution in [-0.4, -0.2) is 31.4 Å². The molecule has 0 unspecified atom stereocenters. The molecule has 0 aromatic heterocycles. The van der Waals surface area contributed by atoms with E-state index in [1.54, 1.807) is 7.11 Å². The maximum absolute atomic E-state index is 5.40. The van der Waals surface area contributed by atoms with Crippen molar-refractivity contribution in [2.24, 2.45) is 0 Å². The van der Waals surface area contributed by atoms with Crippen LogP contribution in [0.25, 0.3) is 0 Å². The molecule has 1 aliphatic carbocycles. The van der Waals surface area contributed by atoms with Crippen LogP contribution in [0.2, 0.25) is 0 Å². The molecule has 76 valence electrons. The maximum Gasteiger partial charge on any atom is 0.166 e. The highest BCUT2D eigenvalue weighted by Crippen LogP contribution is 2.20. The molecule has 3 nitrogen and oxygen atoms in total. The second-order valence-corrected chi connectivity index (χ2v) is 3.80. The average molecular weight is 202 g/mol. The summed E-state index contributed by atoms with van der Waals surface area (Å²) in [4.78, 5) is 0. The van der Waals surface area contributed by atoms with E-state index in [0.29, 0.717) is 17.3 Å². The van der Waals surface area contributed by atoms with Gasteiger partial charge in [-0.05, 0) is 25.1 Å². The highest BCUT2D eigenvalue weighted by Gasteiger charge is 2.24. The van der Waals surface area contributed by atoms with Crippen molar-refractivity contribution in [2.45, 2.75) is 37.8 Å². The summed E-state index contributed by atoms with van der Waals surface area (Å²) >= 11 is 5.06. The van der Waals surface area contributed by atoms with Crippen molar-refractivity contribution >= 4 is 17.3 Å². The number of rotatable bonds is 2. The van der Waals surface area contributed by atoms with Crippen LogP contribution < -0.4 is 10.6 Å². The molecule has 4 heteroatoms. The molecule has 1 aliphatic rings. The van der Waals surface area contributed by atoms with Crippen molar-refractivity contribution in [3.8, 4) is 0 Å². The van der Waals surface area contributed by atoms with Crippen LogP contribution in [0.5, 0.6) is 0 Å². The van der Waals surface area contributed by atoms with E-state index in [9.17, 15) is 0 Å². The lowest BCUT2D eigenvalue weighted by Crippen LogP contribution is -2.48. The molecule has 0 saturated heterocycles. The number of hydrogen-bond donors (Lipinski definition) is 2. The van der Waals surface area contributed by atoms with Crippen LogP contribution in [0, 0.1) is 0 Å². The quantitative estimate of drug-likeness (QED) is 0.656. The van der Waals surface area contributed by atoms with E-state index in [1.165, 1.54) is 12.8 Å². The molecule has 0 aromatic rings. The summed E-state index contributed by atoms with van der Waals surface area (Å²) in [6.45, 7) is 0. The van der Waals surface area contributed by atoms with Gasteiger partial charge in [-0.3, -0.25) is 0 Å². The predicted octanol–water partition coefficient (Wildman–Crippen LogP) is 1.04. The third-order valence-corrected chi connectivity index (χ3v) is 2.87. The molecule has 0 aliphatic heterocycles. The van der Waals surface area contributed by atoms with Crippen LogP contribution in [0.1, 0.15) is 25.7 Å². The summed E-state index contributed by atoms with van der Waals surface area (Å²) in [5.41, 5.74) is 0. The number of hydrogen-bond acceptors (Lipinski definition) is 2. The molecule has 0 heterocycles. The van der Waals surface area contributed by atoms with Gasteiger partial charge in [0.15, 0.2) is 5.11 Å². The minimum absolute atomic E-state index is 0.319. The van der Waals surface area contributed by atoms with Crippen LogP contribution in [0.15, 0.2) is 0 Å². The molecule has 0 aromatic carbocycles. The molecular weight excluding hydrogens is 184 g/mol. The summed E-state index contributed by atoms with van der Waals surface area (Å²) in [5, 5.41) is 6.90. The van der Waals surface area contributed by atoms with E-state index in [0.717, 1.165) is 12.8 Å². The first-order valence-corrected chi connectivity index (χ1v) is 5.19. The zero-order valence-electron chi connectivity index (χ0n) is 8.30. The molecule has 1 saturated carbocycles. The van der Waals surface area contributed by atoms with Gasteiger partial charge in [-0.1, -0.05) is 12.8 Å². The fourth-order valence-corrected chi connectivity index (χ4v) is 1.94. The summed E-state index contributed by atoms with van der Waals surface area (Å²) in [6, 6.07) is 0.388. The second-order valence-electron chi connectivity index (χ2n) is 3.39. The van der Waals surface area contributed by atoms with Crippen molar-refractivity contribution < 1.29 is 4.74 Å². The Hall–Kier alpha value is -0.350. The van der Waals surface area contributed by atoms with Crippen LogP contribution in [-0.2, 0) is 4.74 Å². The van der Waals surface area contributed by atoms with Gasteiger partial charge >= 0.3 is 0 Å². The molecule has 1 rings (SSSR count). The largest absolute Gasteiger partial charge is 0.379 e. The smallest absolute Gasteiger partial charge is 0.166 e. The monoisotopic (exact) mass is 202 g/mol. The van der Waals surface area contributed by atoms with Gasteiger partial charge in [0.05, 0.1) is 12.1 Å². The minimum Gasteiger partial charge on any atom is -0.379 e. The zero-order chi connectivity index (χ0) is 9.68. The fourth-order valence-electron chi connectivity index (χ4n) is 1.78. The summed E-state index contributed by atoms with van der Waals surface area (Å²) < 4.78 is 5.40. The van der Waals surface area contributed by atoms with Crippen molar-refractivity contribution in [3.05, 3.63) is 0 Å². The lowest BCUT2D eigenvalue weighted by atomic mass is 9.92. The van der Waals surface area contributed by atoms with Crippen LogP contribution in [0.4, 0.5) is 0 Å². The third-order valence-electron chi connectivity index (χ3n) is 2.55. The van der Waals surface area contributed by atoms with Crippen molar-refractivity contribution in [1.29, 1.82) is 0 Å². The Bertz CT molecular complexity index is 175. The molecule has 2 atom stereocenters. The molecule has 13 heavy (non-hydrogen) atoms. The number of nitrogens with one attached hydrogen (secondary N) is 2. The van der Waals surface area contributed by atoms with Gasteiger partial charge in [0.1, 0.15) is 0 Å². The van der Waals surface area contributed by atoms with Gasteiger partial charge in [0.2, 0.25) is 0 Å². The van der Waals surface area contributed by atoms with Gasteiger partial charge in [-0.2, -0.15) is 0 Å². The first-order chi connectivity index (χ1) is 6.27. The first kappa shape index (κ1) is 10.7. The average Bonchev–Trinajstić information content (AvgIpc) is 2.18. The summed E-state index contributed by atoms with van der Waals surface area (Å²) in [6.07, 6.45) is 5.15. The summed E-state index contributed by atoms with van der Waals surface area (Å²) in [7, 11) is 3.60. The second kappa shape index (κ2) is 5.40. The van der Waals surface area contributed by atoms with Crippen LogP contribution in [0.3, 0.4) is 0 Å². The Morgan fingerprint density at radius 3 is 2.69 bits per heavy atom. The SMILES string of the molecule is CNC(=S)N[C@H]1CCCC[C@@H]1OC. The van der Waals surface area contributed by atoms with Crippen molar-refractivity contribution in [1.82, 2.24) is 10.6 Å². The molecule has 0 spiro atoms. The van der Waals surface area contributed by atoms with Gasteiger partial charge in [0.25, 0.3) is 0 Å². The lowest BCUT2D eigenvalue weighted by molar-refractivity contribution is 0.0481. The first-order valence-electron chi connectivity index (χ1n) is 4.79. The van der Waals surface area contributed by atoms with Crippen molar-refractivity contribution in [3.63, 3.8) is 0 Å². The Morgan fingerprint density at radius 2 is 2.08 bits per heavy atom. The topological polar surface area (TPSA) is 33.3 Å². The maximum atomic E-state index is 5.40. The molecule has 2 N–H and O–H groups in total. The normalized spacial score (nSPS) is 28.2. The Labute approximate surface area is 85.2 Å². The Morgan fingerprint density at radius 1 is 1.38 bits per heavy atom.